The Morgan fingerprint density at radius 1 is 1.39 bits per heavy atom. The van der Waals surface area contributed by atoms with Gasteiger partial charge in [0.25, 0.3) is 5.91 Å². The van der Waals surface area contributed by atoms with E-state index in [9.17, 15) is 9.59 Å². The highest BCUT2D eigenvalue weighted by Gasteiger charge is 2.46. The Kier molecular flexibility index (Phi) is 6.53. The maximum atomic E-state index is 12.1. The molecule has 3 amide bonds. The maximum Gasteiger partial charge on any atom is 0.322 e. The van der Waals surface area contributed by atoms with Crippen molar-refractivity contribution in [3.63, 3.8) is 0 Å². The molecule has 0 spiro atoms. The van der Waals surface area contributed by atoms with Crippen LogP contribution in [-0.4, -0.2) is 56.4 Å². The van der Waals surface area contributed by atoms with Crippen molar-refractivity contribution in [3.8, 4) is 0 Å². The number of amides is 3. The van der Waals surface area contributed by atoms with Gasteiger partial charge in [0.15, 0.2) is 5.54 Å². The van der Waals surface area contributed by atoms with Crippen LogP contribution in [0.4, 0.5) is 4.79 Å². The van der Waals surface area contributed by atoms with Crippen LogP contribution in [0.15, 0.2) is 16.6 Å². The zero-order chi connectivity index (χ0) is 20.1. The van der Waals surface area contributed by atoms with Crippen LogP contribution < -0.4 is 16.0 Å². The second-order valence-corrected chi connectivity index (χ2v) is 7.52. The minimum Gasteiger partial charge on any atom is -0.463 e. The fourth-order valence-electron chi connectivity index (χ4n) is 3.60. The van der Waals surface area contributed by atoms with Crippen LogP contribution >= 0.6 is 0 Å². The minimum absolute atomic E-state index is 0.0528. The van der Waals surface area contributed by atoms with Crippen molar-refractivity contribution in [2.45, 2.75) is 44.9 Å². The number of aryl methyl sites for hydroxylation is 1. The molecule has 1 aromatic heterocycles. The van der Waals surface area contributed by atoms with E-state index in [1.54, 1.807) is 20.1 Å². The summed E-state index contributed by atoms with van der Waals surface area (Å²) in [6.45, 7) is 7.79. The highest BCUT2D eigenvalue weighted by atomic mass is 16.5. The van der Waals surface area contributed by atoms with E-state index >= 15 is 0 Å². The molecule has 0 aromatic carbocycles. The number of nitrogens with zero attached hydrogens (tertiary/aromatic N) is 1. The van der Waals surface area contributed by atoms with Crippen LogP contribution in [0.5, 0.6) is 0 Å². The summed E-state index contributed by atoms with van der Waals surface area (Å²) >= 11 is 0. The van der Waals surface area contributed by atoms with E-state index in [1.807, 2.05) is 19.1 Å². The molecule has 3 heterocycles. The highest BCUT2D eigenvalue weighted by Crippen LogP contribution is 2.29. The van der Waals surface area contributed by atoms with Crippen LogP contribution in [0.2, 0.25) is 0 Å². The van der Waals surface area contributed by atoms with Gasteiger partial charge in [-0.1, -0.05) is 12.2 Å². The molecule has 3 rings (SSSR count). The number of ether oxygens (including phenoxy) is 1. The van der Waals surface area contributed by atoms with Gasteiger partial charge in [0.2, 0.25) is 0 Å². The second-order valence-electron chi connectivity index (χ2n) is 7.52. The van der Waals surface area contributed by atoms with Gasteiger partial charge >= 0.3 is 6.03 Å². The number of imide groups is 1. The summed E-state index contributed by atoms with van der Waals surface area (Å²) in [4.78, 5) is 26.0. The third-order valence-electron chi connectivity index (χ3n) is 5.42. The number of hydrogen-bond acceptors (Lipinski definition) is 6. The van der Waals surface area contributed by atoms with Gasteiger partial charge in [0.05, 0.1) is 0 Å². The molecular formula is C20H30N4O4. The first kappa shape index (κ1) is 20.6. The molecule has 2 aliphatic heterocycles. The molecule has 28 heavy (non-hydrogen) atoms. The van der Waals surface area contributed by atoms with E-state index < -0.39 is 17.5 Å². The number of furan rings is 1. The van der Waals surface area contributed by atoms with Crippen molar-refractivity contribution in [2.75, 3.05) is 33.3 Å². The monoisotopic (exact) mass is 390 g/mol. The number of carbonyl (C=O) groups is 2. The number of carbonyl (C=O) groups excluding carboxylic acids is 2. The first-order valence-corrected chi connectivity index (χ1v) is 9.82. The van der Waals surface area contributed by atoms with Gasteiger partial charge < -0.3 is 19.4 Å². The molecule has 1 aromatic rings. The molecule has 154 valence electrons. The van der Waals surface area contributed by atoms with E-state index in [0.29, 0.717) is 17.9 Å². The number of hydrogen-bond donors (Lipinski definition) is 3. The first-order valence-electron chi connectivity index (χ1n) is 9.82. The summed E-state index contributed by atoms with van der Waals surface area (Å²) in [5.41, 5.74) is -0.308. The standard InChI is InChI=1S/C20H30N4O4/c1-14-15(13-16(28-14)20(2)18(25)22-19(26)23-20)7-6-8-17(27-3)21-9-12-24-10-4-5-11-24/h6-7,13,17,21H,4-5,8-12H2,1-3H3,(H2,22,23,25,26)/b7-6-. The molecule has 0 bridgehead atoms. The van der Waals surface area contributed by atoms with E-state index in [2.05, 4.69) is 20.9 Å². The summed E-state index contributed by atoms with van der Waals surface area (Å²) < 4.78 is 11.3. The number of nitrogens with one attached hydrogen (secondary N) is 3. The fourth-order valence-corrected chi connectivity index (χ4v) is 3.60. The molecule has 2 atom stereocenters. The topological polar surface area (TPSA) is 95.8 Å². The molecule has 0 saturated carbocycles. The summed E-state index contributed by atoms with van der Waals surface area (Å²) in [7, 11) is 1.70. The van der Waals surface area contributed by atoms with Crippen molar-refractivity contribution in [2.24, 2.45) is 0 Å². The molecule has 0 aliphatic carbocycles. The quantitative estimate of drug-likeness (QED) is 0.439. The average molecular weight is 390 g/mol. The first-order chi connectivity index (χ1) is 13.4. The van der Waals surface area contributed by atoms with Crippen molar-refractivity contribution >= 4 is 18.0 Å². The third kappa shape index (κ3) is 4.63. The third-order valence-corrected chi connectivity index (χ3v) is 5.42. The van der Waals surface area contributed by atoms with Crippen molar-refractivity contribution in [1.29, 1.82) is 0 Å². The average Bonchev–Trinajstić information content (AvgIpc) is 3.35. The highest BCUT2D eigenvalue weighted by molar-refractivity contribution is 6.06. The zero-order valence-electron chi connectivity index (χ0n) is 16.8. The SMILES string of the molecule is COC(C/C=C\c1cc(C2(C)NC(=O)NC2=O)oc1C)NCCN1CCCC1. The van der Waals surface area contributed by atoms with E-state index in [-0.39, 0.29) is 6.23 Å². The van der Waals surface area contributed by atoms with Crippen molar-refractivity contribution < 1.29 is 18.7 Å². The Morgan fingerprint density at radius 2 is 2.14 bits per heavy atom. The van der Waals surface area contributed by atoms with Crippen LogP contribution in [0.25, 0.3) is 6.08 Å². The Bertz CT molecular complexity index is 739. The predicted octanol–water partition coefficient (Wildman–Crippen LogP) is 1.70. The molecular weight excluding hydrogens is 360 g/mol. The molecule has 8 nitrogen and oxygen atoms in total. The van der Waals surface area contributed by atoms with Crippen molar-refractivity contribution in [1.82, 2.24) is 20.9 Å². The minimum atomic E-state index is -1.18. The smallest absolute Gasteiger partial charge is 0.322 e. The van der Waals surface area contributed by atoms with Gasteiger partial charge in [-0.3, -0.25) is 15.4 Å². The Labute approximate surface area is 165 Å². The predicted molar refractivity (Wildman–Crippen MR) is 106 cm³/mol. The molecule has 2 fully saturated rings. The van der Waals surface area contributed by atoms with Gasteiger partial charge in [0.1, 0.15) is 17.7 Å². The Balaban J connectivity index is 1.54. The van der Waals surface area contributed by atoms with Crippen molar-refractivity contribution in [3.05, 3.63) is 29.2 Å². The lowest BCUT2D eigenvalue weighted by molar-refractivity contribution is -0.124. The van der Waals surface area contributed by atoms with Gasteiger partial charge in [0, 0.05) is 32.2 Å². The molecule has 2 saturated heterocycles. The van der Waals surface area contributed by atoms with E-state index in [1.165, 1.54) is 25.9 Å². The number of methoxy groups -OCH3 is 1. The van der Waals surface area contributed by atoms with Crippen LogP contribution in [-0.2, 0) is 15.1 Å². The summed E-state index contributed by atoms with van der Waals surface area (Å²) in [5, 5.41) is 8.28. The molecule has 2 unspecified atom stereocenters. The molecule has 8 heteroatoms. The number of urea groups is 1. The summed E-state index contributed by atoms with van der Waals surface area (Å²) in [6, 6.07) is 1.28. The van der Waals surface area contributed by atoms with Crippen LogP contribution in [0, 0.1) is 6.92 Å². The van der Waals surface area contributed by atoms with Gasteiger partial charge in [-0.2, -0.15) is 0 Å². The maximum absolute atomic E-state index is 12.1. The van der Waals surface area contributed by atoms with Gasteiger partial charge in [-0.15, -0.1) is 0 Å². The van der Waals surface area contributed by atoms with Crippen LogP contribution in [0.1, 0.15) is 43.3 Å². The molecule has 0 radical (unpaired) electrons. The Hall–Kier alpha value is -2.16. The van der Waals surface area contributed by atoms with E-state index in [4.69, 9.17) is 9.15 Å². The largest absolute Gasteiger partial charge is 0.463 e. The zero-order valence-corrected chi connectivity index (χ0v) is 16.8. The normalized spacial score (nSPS) is 24.1. The lowest BCUT2D eigenvalue weighted by Gasteiger charge is -2.19. The fraction of sp³-hybridized carbons (Fsp3) is 0.600. The summed E-state index contributed by atoms with van der Waals surface area (Å²) in [6.07, 6.45) is 7.23. The second kappa shape index (κ2) is 8.89. The van der Waals surface area contributed by atoms with Gasteiger partial charge in [-0.05, 0) is 45.8 Å². The summed E-state index contributed by atoms with van der Waals surface area (Å²) in [5.74, 6) is 0.695. The molecule has 3 N–H and O–H groups in total. The van der Waals surface area contributed by atoms with Crippen LogP contribution in [0.3, 0.4) is 0 Å². The van der Waals surface area contributed by atoms with E-state index in [0.717, 1.165) is 18.7 Å². The lowest BCUT2D eigenvalue weighted by Crippen LogP contribution is -2.40. The molecule has 2 aliphatic rings. The van der Waals surface area contributed by atoms with Gasteiger partial charge in [-0.25, -0.2) is 4.79 Å². The lowest BCUT2D eigenvalue weighted by atomic mass is 9.99. The Morgan fingerprint density at radius 3 is 2.79 bits per heavy atom. The number of rotatable bonds is 9. The number of likely N-dealkylation sites (tertiary alicyclic amines) is 1.